The molecule has 1 heterocycles. The number of amides is 1. The van der Waals surface area contributed by atoms with Crippen LogP contribution in [0.15, 0.2) is 16.6 Å². The summed E-state index contributed by atoms with van der Waals surface area (Å²) < 4.78 is 6.31. The first kappa shape index (κ1) is 15.6. The zero-order valence-electron chi connectivity index (χ0n) is 12.2. The monoisotopic (exact) mass is 359 g/mol. The number of nitrogens with zero attached hydrogens (tertiary/aromatic N) is 1. The minimum Gasteiger partial charge on any atom is -0.443 e. The van der Waals surface area contributed by atoms with Crippen molar-refractivity contribution in [3.8, 4) is 0 Å². The predicted molar refractivity (Wildman–Crippen MR) is 85.6 cm³/mol. The van der Waals surface area contributed by atoms with E-state index >= 15 is 0 Å². The fourth-order valence-corrected chi connectivity index (χ4v) is 2.84. The lowest BCUT2D eigenvalue weighted by Crippen LogP contribution is -2.44. The van der Waals surface area contributed by atoms with Gasteiger partial charge in [-0.25, -0.2) is 4.79 Å². The van der Waals surface area contributed by atoms with Gasteiger partial charge in [-0.15, -0.1) is 0 Å². The Labute approximate surface area is 133 Å². The van der Waals surface area contributed by atoms with Crippen LogP contribution in [-0.2, 0) is 11.2 Å². The van der Waals surface area contributed by atoms with Crippen molar-refractivity contribution in [1.29, 1.82) is 0 Å². The molecule has 1 aromatic carbocycles. The number of halogens is 2. The average Bonchev–Trinajstić information content (AvgIpc) is 2.28. The minimum atomic E-state index is -0.502. The van der Waals surface area contributed by atoms with E-state index in [9.17, 15) is 4.79 Å². The van der Waals surface area contributed by atoms with Gasteiger partial charge in [0, 0.05) is 10.5 Å². The second kappa shape index (κ2) is 5.57. The minimum absolute atomic E-state index is 0.116. The van der Waals surface area contributed by atoms with Crippen molar-refractivity contribution in [3.05, 3.63) is 27.2 Å². The Morgan fingerprint density at radius 1 is 1.45 bits per heavy atom. The number of carbonyl (C=O) groups is 1. The van der Waals surface area contributed by atoms with Gasteiger partial charge in [-0.05, 0) is 74.2 Å². The second-order valence-electron chi connectivity index (χ2n) is 6.13. The lowest BCUT2D eigenvalue weighted by molar-refractivity contribution is 0.0563. The largest absolute Gasteiger partial charge is 0.443 e. The highest BCUT2D eigenvalue weighted by molar-refractivity contribution is 9.10. The van der Waals surface area contributed by atoms with Gasteiger partial charge in [0.05, 0.1) is 10.7 Å². The zero-order chi connectivity index (χ0) is 15.1. The maximum Gasteiger partial charge on any atom is 0.415 e. The molecule has 1 aromatic rings. The Hall–Kier alpha value is -0.740. The van der Waals surface area contributed by atoms with Gasteiger partial charge in [-0.1, -0.05) is 11.6 Å². The van der Waals surface area contributed by atoms with Gasteiger partial charge in [-0.2, -0.15) is 0 Å². The standard InChI is InChI=1S/C15H19BrClNO2/c1-9-5-6-10-7-12(17)11(16)8-13(10)18(9)14(19)20-15(2,3)4/h7-9H,5-6H2,1-4H3. The van der Waals surface area contributed by atoms with Crippen LogP contribution in [0.3, 0.4) is 0 Å². The highest BCUT2D eigenvalue weighted by atomic mass is 79.9. The van der Waals surface area contributed by atoms with Crippen LogP contribution in [0.1, 0.15) is 39.7 Å². The molecule has 0 bridgehead atoms. The Bertz CT molecular complexity index is 539. The highest BCUT2D eigenvalue weighted by Gasteiger charge is 2.32. The lowest BCUT2D eigenvalue weighted by Gasteiger charge is -2.36. The third-order valence-corrected chi connectivity index (χ3v) is 4.44. The molecule has 1 aliphatic rings. The number of hydrogen-bond donors (Lipinski definition) is 0. The Morgan fingerprint density at radius 2 is 2.10 bits per heavy atom. The van der Waals surface area contributed by atoms with Crippen molar-refractivity contribution in [1.82, 2.24) is 0 Å². The Balaban J connectivity index is 2.39. The van der Waals surface area contributed by atoms with Crippen LogP contribution in [0.25, 0.3) is 0 Å². The van der Waals surface area contributed by atoms with Crippen molar-refractivity contribution in [2.45, 2.75) is 52.2 Å². The molecule has 0 aromatic heterocycles. The van der Waals surface area contributed by atoms with Crippen LogP contribution in [0.2, 0.25) is 5.02 Å². The summed E-state index contributed by atoms with van der Waals surface area (Å²) in [5.74, 6) is 0. The van der Waals surface area contributed by atoms with Crippen molar-refractivity contribution in [2.24, 2.45) is 0 Å². The zero-order valence-corrected chi connectivity index (χ0v) is 14.5. The third kappa shape index (κ3) is 3.29. The average molecular weight is 361 g/mol. The van der Waals surface area contributed by atoms with Gasteiger partial charge >= 0.3 is 6.09 Å². The molecule has 5 heteroatoms. The Kier molecular flexibility index (Phi) is 4.35. The summed E-state index contributed by atoms with van der Waals surface area (Å²) in [6.07, 6.45) is 1.52. The molecular weight excluding hydrogens is 342 g/mol. The summed E-state index contributed by atoms with van der Waals surface area (Å²) in [5.41, 5.74) is 1.47. The molecule has 2 rings (SSSR count). The lowest BCUT2D eigenvalue weighted by atomic mass is 9.97. The topological polar surface area (TPSA) is 29.5 Å². The molecule has 0 saturated carbocycles. The van der Waals surface area contributed by atoms with Crippen molar-refractivity contribution < 1.29 is 9.53 Å². The molecule has 1 unspecified atom stereocenters. The van der Waals surface area contributed by atoms with Gasteiger partial charge in [0.2, 0.25) is 0 Å². The molecule has 0 spiro atoms. The summed E-state index contributed by atoms with van der Waals surface area (Å²) in [4.78, 5) is 14.2. The van der Waals surface area contributed by atoms with Crippen LogP contribution in [0, 0.1) is 0 Å². The predicted octanol–water partition coefficient (Wildman–Crippen LogP) is 5.18. The molecule has 1 atom stereocenters. The van der Waals surface area contributed by atoms with Crippen LogP contribution < -0.4 is 4.90 Å². The third-order valence-electron chi connectivity index (χ3n) is 3.24. The van der Waals surface area contributed by atoms with Crippen LogP contribution in [0.4, 0.5) is 10.5 Å². The number of fused-ring (bicyclic) bond motifs is 1. The smallest absolute Gasteiger partial charge is 0.415 e. The number of ether oxygens (including phenoxy) is 1. The van der Waals surface area contributed by atoms with Gasteiger partial charge in [-0.3, -0.25) is 4.90 Å². The summed E-state index contributed by atoms with van der Waals surface area (Å²) in [6, 6.07) is 3.94. The molecular formula is C15H19BrClNO2. The molecule has 3 nitrogen and oxygen atoms in total. The van der Waals surface area contributed by atoms with Crippen LogP contribution in [-0.4, -0.2) is 17.7 Å². The summed E-state index contributed by atoms with van der Waals surface area (Å²) in [6.45, 7) is 7.66. The van der Waals surface area contributed by atoms with E-state index in [0.29, 0.717) is 5.02 Å². The molecule has 0 fully saturated rings. The van der Waals surface area contributed by atoms with Crippen molar-refractivity contribution >= 4 is 39.3 Å². The molecule has 1 aliphatic heterocycles. The number of aryl methyl sites for hydroxylation is 1. The summed E-state index contributed by atoms with van der Waals surface area (Å²) in [7, 11) is 0. The Morgan fingerprint density at radius 3 is 2.70 bits per heavy atom. The maximum atomic E-state index is 12.4. The van der Waals surface area contributed by atoms with E-state index in [0.717, 1.165) is 28.6 Å². The molecule has 0 N–H and O–H groups in total. The van der Waals surface area contributed by atoms with Gasteiger partial charge in [0.15, 0.2) is 0 Å². The number of rotatable bonds is 0. The first-order valence-corrected chi connectivity index (χ1v) is 7.86. The summed E-state index contributed by atoms with van der Waals surface area (Å²) >= 11 is 9.56. The maximum absolute atomic E-state index is 12.4. The van der Waals surface area contributed by atoms with Gasteiger partial charge in [0.25, 0.3) is 0 Å². The van der Waals surface area contributed by atoms with Crippen LogP contribution >= 0.6 is 27.5 Å². The normalized spacial score (nSPS) is 18.7. The van der Waals surface area contributed by atoms with Gasteiger partial charge < -0.3 is 4.74 Å². The fourth-order valence-electron chi connectivity index (χ4n) is 2.32. The molecule has 0 saturated heterocycles. The highest BCUT2D eigenvalue weighted by Crippen LogP contribution is 2.37. The fraction of sp³-hybridized carbons (Fsp3) is 0.533. The number of hydrogen-bond acceptors (Lipinski definition) is 2. The first-order valence-electron chi connectivity index (χ1n) is 6.69. The van der Waals surface area contributed by atoms with E-state index in [-0.39, 0.29) is 12.1 Å². The number of carbonyl (C=O) groups excluding carboxylic acids is 1. The van der Waals surface area contributed by atoms with E-state index in [4.69, 9.17) is 16.3 Å². The van der Waals surface area contributed by atoms with E-state index in [1.54, 1.807) is 4.90 Å². The second-order valence-corrected chi connectivity index (χ2v) is 7.39. The van der Waals surface area contributed by atoms with Crippen molar-refractivity contribution in [2.75, 3.05) is 4.90 Å². The molecule has 0 radical (unpaired) electrons. The molecule has 110 valence electrons. The van der Waals surface area contributed by atoms with Crippen LogP contribution in [0.5, 0.6) is 0 Å². The molecule has 20 heavy (non-hydrogen) atoms. The van der Waals surface area contributed by atoms with E-state index in [1.807, 2.05) is 39.8 Å². The van der Waals surface area contributed by atoms with Gasteiger partial charge in [0.1, 0.15) is 5.60 Å². The molecule has 0 aliphatic carbocycles. The van der Waals surface area contributed by atoms with E-state index < -0.39 is 5.60 Å². The summed E-state index contributed by atoms with van der Waals surface area (Å²) in [5, 5.41) is 0.669. The number of anilines is 1. The number of benzene rings is 1. The SMILES string of the molecule is CC1CCc2cc(Cl)c(Br)cc2N1C(=O)OC(C)(C)C. The van der Waals surface area contributed by atoms with Crippen molar-refractivity contribution in [3.63, 3.8) is 0 Å². The van der Waals surface area contributed by atoms with E-state index in [1.165, 1.54) is 0 Å². The molecule has 1 amide bonds. The first-order chi connectivity index (χ1) is 9.19. The quantitative estimate of drug-likeness (QED) is 0.638. The van der Waals surface area contributed by atoms with E-state index in [2.05, 4.69) is 15.9 Å².